The van der Waals surface area contributed by atoms with Gasteiger partial charge in [0, 0.05) is 12.5 Å². The summed E-state index contributed by atoms with van der Waals surface area (Å²) in [5, 5.41) is 3.79. The Labute approximate surface area is 76.4 Å². The summed E-state index contributed by atoms with van der Waals surface area (Å²) < 4.78 is 4.86. The van der Waals surface area contributed by atoms with Gasteiger partial charge in [0.2, 0.25) is 11.7 Å². The van der Waals surface area contributed by atoms with Crippen molar-refractivity contribution >= 4 is 0 Å². The molecule has 0 aliphatic rings. The van der Waals surface area contributed by atoms with Crippen molar-refractivity contribution in [3.63, 3.8) is 0 Å². The number of rotatable bonds is 1. The second-order valence-electron chi connectivity index (χ2n) is 2.76. The Hall–Kier alpha value is -1.64. The third kappa shape index (κ3) is 1.59. The van der Waals surface area contributed by atoms with Crippen LogP contribution < -0.4 is 0 Å². The highest BCUT2D eigenvalue weighted by Crippen LogP contribution is 2.16. The zero-order valence-electron chi connectivity index (χ0n) is 7.19. The summed E-state index contributed by atoms with van der Waals surface area (Å²) in [6, 6.07) is 7.37. The smallest absolute Gasteiger partial charge is 0.223 e. The highest BCUT2D eigenvalue weighted by molar-refractivity contribution is 5.55. The van der Waals surface area contributed by atoms with Crippen LogP contribution in [0.1, 0.15) is 11.5 Å². The molecule has 3 nitrogen and oxygen atoms in total. The van der Waals surface area contributed by atoms with E-state index in [9.17, 15) is 0 Å². The fourth-order valence-corrected chi connectivity index (χ4v) is 1.09. The zero-order valence-corrected chi connectivity index (χ0v) is 7.19. The van der Waals surface area contributed by atoms with Crippen LogP contribution in [0.15, 0.2) is 28.8 Å². The Kier molecular flexibility index (Phi) is 1.85. The van der Waals surface area contributed by atoms with Gasteiger partial charge in [-0.25, -0.2) is 0 Å². The highest BCUT2D eigenvalue weighted by Gasteiger charge is 2.04. The second-order valence-corrected chi connectivity index (χ2v) is 2.76. The minimum Gasteiger partial charge on any atom is -0.339 e. The minimum atomic E-state index is 0.553. The van der Waals surface area contributed by atoms with Crippen molar-refractivity contribution in [2.45, 2.75) is 6.92 Å². The van der Waals surface area contributed by atoms with Crippen LogP contribution in [0.4, 0.5) is 0 Å². The minimum absolute atomic E-state index is 0.553. The molecule has 2 rings (SSSR count). The lowest BCUT2D eigenvalue weighted by Crippen LogP contribution is -1.81. The van der Waals surface area contributed by atoms with Gasteiger partial charge in [-0.1, -0.05) is 23.4 Å². The van der Waals surface area contributed by atoms with Crippen LogP contribution in [0.25, 0.3) is 11.4 Å². The predicted octanol–water partition coefficient (Wildman–Crippen LogP) is 2.10. The van der Waals surface area contributed by atoms with Gasteiger partial charge in [0.1, 0.15) is 0 Å². The molecule has 64 valence electrons. The van der Waals surface area contributed by atoms with E-state index in [2.05, 4.69) is 10.1 Å². The van der Waals surface area contributed by atoms with Crippen molar-refractivity contribution in [2.24, 2.45) is 0 Å². The quantitative estimate of drug-likeness (QED) is 0.661. The largest absolute Gasteiger partial charge is 0.339 e. The molecule has 0 aliphatic carbocycles. The Morgan fingerprint density at radius 2 is 2.23 bits per heavy atom. The van der Waals surface area contributed by atoms with Crippen LogP contribution in [0.2, 0.25) is 0 Å². The molecule has 0 amide bonds. The Morgan fingerprint density at radius 1 is 1.38 bits per heavy atom. The first-order chi connectivity index (χ1) is 6.25. The molecule has 13 heavy (non-hydrogen) atoms. The molecule has 0 N–H and O–H groups in total. The van der Waals surface area contributed by atoms with E-state index in [0.717, 1.165) is 5.56 Å². The lowest BCUT2D eigenvalue weighted by Gasteiger charge is -1.94. The van der Waals surface area contributed by atoms with Crippen LogP contribution >= 0.6 is 0 Å². The Morgan fingerprint density at radius 3 is 2.85 bits per heavy atom. The molecule has 0 saturated heterocycles. The molecular weight excluding hydrogens is 164 g/mol. The summed E-state index contributed by atoms with van der Waals surface area (Å²) in [5.41, 5.74) is 1.57. The maximum atomic E-state index is 5.62. The Bertz CT molecular complexity index is 420. The van der Waals surface area contributed by atoms with E-state index in [4.69, 9.17) is 11.4 Å². The van der Waals surface area contributed by atoms with Gasteiger partial charge in [0.15, 0.2) is 0 Å². The number of hydrogen-bond donors (Lipinski definition) is 0. The van der Waals surface area contributed by atoms with Crippen LogP contribution in [0, 0.1) is 13.8 Å². The van der Waals surface area contributed by atoms with Crippen molar-refractivity contribution in [3.05, 3.63) is 42.6 Å². The topological polar surface area (TPSA) is 38.9 Å². The van der Waals surface area contributed by atoms with Gasteiger partial charge in [-0.15, -0.1) is 0 Å². The first kappa shape index (κ1) is 7.98. The highest BCUT2D eigenvalue weighted by atomic mass is 16.5. The molecule has 1 heterocycles. The fraction of sp³-hybridized carbons (Fsp3) is 0.100. The van der Waals surface area contributed by atoms with Gasteiger partial charge >= 0.3 is 0 Å². The van der Waals surface area contributed by atoms with Gasteiger partial charge in [-0.3, -0.25) is 0 Å². The average Bonchev–Trinajstić information content (AvgIpc) is 2.52. The number of benzene rings is 1. The first-order valence-corrected chi connectivity index (χ1v) is 3.92. The molecule has 2 radical (unpaired) electrons. The maximum Gasteiger partial charge on any atom is 0.223 e. The van der Waals surface area contributed by atoms with Gasteiger partial charge in [-0.05, 0) is 18.6 Å². The second kappa shape index (κ2) is 3.01. The maximum absolute atomic E-state index is 5.62. The van der Waals surface area contributed by atoms with Crippen LogP contribution in [-0.4, -0.2) is 10.1 Å². The molecule has 0 bridgehead atoms. The summed E-state index contributed by atoms with van der Waals surface area (Å²) in [6.07, 6.45) is 0. The van der Waals surface area contributed by atoms with E-state index in [1.54, 1.807) is 6.92 Å². The van der Waals surface area contributed by atoms with Crippen LogP contribution in [-0.2, 0) is 0 Å². The first-order valence-electron chi connectivity index (χ1n) is 3.92. The van der Waals surface area contributed by atoms with Gasteiger partial charge < -0.3 is 4.52 Å². The molecule has 0 atom stereocenters. The molecule has 0 saturated carbocycles. The molecule has 0 unspecified atom stereocenters. The van der Waals surface area contributed by atoms with Crippen LogP contribution in [0.3, 0.4) is 0 Å². The normalized spacial score (nSPS) is 10.3. The molecule has 2 aromatic rings. The molecule has 0 fully saturated rings. The van der Waals surface area contributed by atoms with Crippen LogP contribution in [0.5, 0.6) is 0 Å². The third-order valence-corrected chi connectivity index (χ3v) is 1.67. The van der Waals surface area contributed by atoms with E-state index in [-0.39, 0.29) is 0 Å². The van der Waals surface area contributed by atoms with Crippen molar-refractivity contribution < 1.29 is 4.52 Å². The van der Waals surface area contributed by atoms with E-state index in [1.165, 1.54) is 0 Å². The zero-order chi connectivity index (χ0) is 9.26. The number of aryl methyl sites for hydroxylation is 1. The fourth-order valence-electron chi connectivity index (χ4n) is 1.09. The van der Waals surface area contributed by atoms with Gasteiger partial charge in [0.05, 0.1) is 0 Å². The molecule has 0 spiro atoms. The molecule has 0 aliphatic heterocycles. The summed E-state index contributed by atoms with van der Waals surface area (Å²) in [7, 11) is 0. The lowest BCUT2D eigenvalue weighted by atomic mass is 10.1. The lowest BCUT2D eigenvalue weighted by molar-refractivity contribution is 0.394. The standard InChI is InChI=1S/C10H8N2O/c1-7-4-3-5-9(6-7)10-11-8(2)13-12-10/h1,3-6H,2H3. The van der Waals surface area contributed by atoms with Gasteiger partial charge in [-0.2, -0.15) is 4.98 Å². The molecule has 1 aromatic heterocycles. The number of nitrogens with zero attached hydrogens (tertiary/aromatic N) is 2. The predicted molar refractivity (Wildman–Crippen MR) is 47.9 cm³/mol. The average molecular weight is 172 g/mol. The Balaban J connectivity index is 2.46. The number of hydrogen-bond acceptors (Lipinski definition) is 3. The number of aromatic nitrogens is 2. The van der Waals surface area contributed by atoms with Crippen molar-refractivity contribution in [1.29, 1.82) is 0 Å². The third-order valence-electron chi connectivity index (χ3n) is 1.67. The van der Waals surface area contributed by atoms with Crippen molar-refractivity contribution in [1.82, 2.24) is 10.1 Å². The summed E-state index contributed by atoms with van der Waals surface area (Å²) in [6.45, 7) is 7.37. The monoisotopic (exact) mass is 172 g/mol. The van der Waals surface area contributed by atoms with Crippen molar-refractivity contribution in [3.8, 4) is 11.4 Å². The van der Waals surface area contributed by atoms with Crippen molar-refractivity contribution in [2.75, 3.05) is 0 Å². The van der Waals surface area contributed by atoms with E-state index < -0.39 is 0 Å². The SMILES string of the molecule is [CH]c1cccc(-c2noc(C)n2)c1. The van der Waals surface area contributed by atoms with E-state index >= 15 is 0 Å². The molecular formula is C10H8N2O. The molecule has 1 aromatic carbocycles. The van der Waals surface area contributed by atoms with Gasteiger partial charge in [0.25, 0.3) is 0 Å². The summed E-state index contributed by atoms with van der Waals surface area (Å²) >= 11 is 0. The summed E-state index contributed by atoms with van der Waals surface area (Å²) in [5.74, 6) is 1.13. The molecule has 3 heteroatoms. The van der Waals surface area contributed by atoms with E-state index in [1.807, 2.05) is 24.3 Å². The van der Waals surface area contributed by atoms with E-state index in [0.29, 0.717) is 17.3 Å². The summed E-state index contributed by atoms with van der Waals surface area (Å²) in [4.78, 5) is 4.09.